The monoisotopic (exact) mass is 284 g/mol. The van der Waals surface area contributed by atoms with Gasteiger partial charge in [-0.15, -0.1) is 0 Å². The molecule has 19 heavy (non-hydrogen) atoms. The van der Waals surface area contributed by atoms with E-state index in [9.17, 15) is 13.5 Å². The SMILES string of the molecule is NCc1ccccc1S(=O)(=O)N1CCCCC1CO. The van der Waals surface area contributed by atoms with Crippen LogP contribution in [0.2, 0.25) is 0 Å². The Kier molecular flexibility index (Phi) is 4.57. The van der Waals surface area contributed by atoms with Gasteiger partial charge in [-0.25, -0.2) is 8.42 Å². The fraction of sp³-hybridized carbons (Fsp3) is 0.538. The summed E-state index contributed by atoms with van der Waals surface area (Å²) in [4.78, 5) is 0.262. The molecule has 1 aromatic carbocycles. The Labute approximate surface area is 114 Å². The highest BCUT2D eigenvalue weighted by atomic mass is 32.2. The summed E-state index contributed by atoms with van der Waals surface area (Å²) in [5, 5.41) is 9.37. The van der Waals surface area contributed by atoms with Crippen LogP contribution in [-0.4, -0.2) is 37.0 Å². The van der Waals surface area contributed by atoms with Crippen molar-refractivity contribution in [3.63, 3.8) is 0 Å². The van der Waals surface area contributed by atoms with Gasteiger partial charge in [0.1, 0.15) is 0 Å². The van der Waals surface area contributed by atoms with Gasteiger partial charge in [-0.2, -0.15) is 4.31 Å². The van der Waals surface area contributed by atoms with Crippen molar-refractivity contribution in [3.05, 3.63) is 29.8 Å². The Morgan fingerprint density at radius 1 is 1.32 bits per heavy atom. The third-order valence-electron chi connectivity index (χ3n) is 3.56. The third-order valence-corrected chi connectivity index (χ3v) is 5.62. The molecule has 1 aliphatic heterocycles. The minimum atomic E-state index is -3.57. The molecule has 0 aliphatic carbocycles. The van der Waals surface area contributed by atoms with Crippen LogP contribution in [0.4, 0.5) is 0 Å². The van der Waals surface area contributed by atoms with E-state index in [4.69, 9.17) is 5.73 Å². The fourth-order valence-corrected chi connectivity index (χ4v) is 4.44. The van der Waals surface area contributed by atoms with Gasteiger partial charge in [0.2, 0.25) is 10.0 Å². The summed E-state index contributed by atoms with van der Waals surface area (Å²) < 4.78 is 26.8. The van der Waals surface area contributed by atoms with Gasteiger partial charge >= 0.3 is 0 Å². The van der Waals surface area contributed by atoms with Gasteiger partial charge in [-0.05, 0) is 24.5 Å². The Morgan fingerprint density at radius 2 is 2.05 bits per heavy atom. The highest BCUT2D eigenvalue weighted by Gasteiger charge is 2.33. The predicted molar refractivity (Wildman–Crippen MR) is 73.0 cm³/mol. The van der Waals surface area contributed by atoms with Crippen molar-refractivity contribution in [3.8, 4) is 0 Å². The van der Waals surface area contributed by atoms with Crippen molar-refractivity contribution < 1.29 is 13.5 Å². The van der Waals surface area contributed by atoms with Crippen molar-refractivity contribution in [1.29, 1.82) is 0 Å². The number of rotatable bonds is 4. The van der Waals surface area contributed by atoms with E-state index >= 15 is 0 Å². The molecule has 0 radical (unpaired) electrons. The summed E-state index contributed by atoms with van der Waals surface area (Å²) in [5.41, 5.74) is 6.23. The molecule has 0 amide bonds. The first-order valence-electron chi connectivity index (χ1n) is 6.52. The topological polar surface area (TPSA) is 83.6 Å². The maximum absolute atomic E-state index is 12.7. The van der Waals surface area contributed by atoms with Crippen LogP contribution in [0.1, 0.15) is 24.8 Å². The van der Waals surface area contributed by atoms with Crippen LogP contribution in [0.25, 0.3) is 0 Å². The number of aliphatic hydroxyl groups excluding tert-OH is 1. The zero-order chi connectivity index (χ0) is 13.9. The zero-order valence-electron chi connectivity index (χ0n) is 10.8. The highest BCUT2D eigenvalue weighted by Crippen LogP contribution is 2.26. The van der Waals surface area contributed by atoms with Crippen molar-refractivity contribution in [2.24, 2.45) is 5.73 Å². The normalized spacial score (nSPS) is 21.5. The van der Waals surface area contributed by atoms with Crippen LogP contribution in [0.5, 0.6) is 0 Å². The van der Waals surface area contributed by atoms with Crippen molar-refractivity contribution >= 4 is 10.0 Å². The number of nitrogens with zero attached hydrogens (tertiary/aromatic N) is 1. The summed E-state index contributed by atoms with van der Waals surface area (Å²) in [7, 11) is -3.57. The van der Waals surface area contributed by atoms with Gasteiger partial charge in [0, 0.05) is 19.1 Å². The second kappa shape index (κ2) is 6.00. The quantitative estimate of drug-likeness (QED) is 0.851. The number of hydrogen-bond donors (Lipinski definition) is 2. The predicted octanol–water partition coefficient (Wildman–Crippen LogP) is 0.681. The minimum absolute atomic E-state index is 0.135. The van der Waals surface area contributed by atoms with Crippen LogP contribution in [0, 0.1) is 0 Å². The number of piperidine rings is 1. The van der Waals surface area contributed by atoms with E-state index in [-0.39, 0.29) is 24.1 Å². The second-order valence-electron chi connectivity index (χ2n) is 4.76. The summed E-state index contributed by atoms with van der Waals surface area (Å²) in [6.45, 7) is 0.517. The average molecular weight is 284 g/mol. The molecule has 1 aromatic rings. The van der Waals surface area contributed by atoms with Crippen LogP contribution in [0.3, 0.4) is 0 Å². The third kappa shape index (κ3) is 2.81. The summed E-state index contributed by atoms with van der Waals surface area (Å²) in [5.74, 6) is 0. The molecule has 0 aromatic heterocycles. The molecular weight excluding hydrogens is 264 g/mol. The van der Waals surface area contributed by atoms with E-state index in [1.54, 1.807) is 24.3 Å². The second-order valence-corrected chi connectivity index (χ2v) is 6.62. The molecule has 1 aliphatic rings. The van der Waals surface area contributed by atoms with Gasteiger partial charge < -0.3 is 10.8 Å². The fourth-order valence-electron chi connectivity index (χ4n) is 2.52. The van der Waals surface area contributed by atoms with E-state index in [0.717, 1.165) is 12.8 Å². The van der Waals surface area contributed by atoms with E-state index in [1.165, 1.54) is 4.31 Å². The molecule has 1 atom stereocenters. The van der Waals surface area contributed by atoms with Crippen LogP contribution < -0.4 is 5.73 Å². The molecule has 1 saturated heterocycles. The van der Waals surface area contributed by atoms with Gasteiger partial charge in [-0.1, -0.05) is 24.6 Å². The number of benzene rings is 1. The van der Waals surface area contributed by atoms with E-state index < -0.39 is 10.0 Å². The zero-order valence-corrected chi connectivity index (χ0v) is 11.6. The molecule has 106 valence electrons. The molecule has 1 fully saturated rings. The van der Waals surface area contributed by atoms with Crippen LogP contribution >= 0.6 is 0 Å². The molecule has 6 heteroatoms. The first kappa shape index (κ1) is 14.5. The van der Waals surface area contributed by atoms with Crippen molar-refractivity contribution in [2.45, 2.75) is 36.7 Å². The Hall–Kier alpha value is -0.950. The molecule has 0 bridgehead atoms. The minimum Gasteiger partial charge on any atom is -0.395 e. The molecule has 5 nitrogen and oxygen atoms in total. The van der Waals surface area contributed by atoms with Gasteiger partial charge in [-0.3, -0.25) is 0 Å². The first-order valence-corrected chi connectivity index (χ1v) is 7.96. The van der Waals surface area contributed by atoms with Gasteiger partial charge in [0.15, 0.2) is 0 Å². The van der Waals surface area contributed by atoms with E-state index in [0.29, 0.717) is 18.5 Å². The highest BCUT2D eigenvalue weighted by molar-refractivity contribution is 7.89. The standard InChI is InChI=1S/C13H20N2O3S/c14-9-11-5-1-2-7-13(11)19(17,18)15-8-4-3-6-12(15)10-16/h1-2,5,7,12,16H,3-4,6,8-10,14H2. The molecule has 0 spiro atoms. The number of hydrogen-bond acceptors (Lipinski definition) is 4. The Morgan fingerprint density at radius 3 is 2.74 bits per heavy atom. The molecule has 3 N–H and O–H groups in total. The summed E-state index contributed by atoms with van der Waals surface area (Å²) in [6, 6.07) is 6.47. The lowest BCUT2D eigenvalue weighted by atomic mass is 10.1. The lowest BCUT2D eigenvalue weighted by molar-refractivity contribution is 0.155. The summed E-state index contributed by atoms with van der Waals surface area (Å²) in [6.07, 6.45) is 2.50. The van der Waals surface area contributed by atoms with Gasteiger partial charge in [0.25, 0.3) is 0 Å². The molecule has 1 heterocycles. The number of sulfonamides is 1. The Balaban J connectivity index is 2.40. The largest absolute Gasteiger partial charge is 0.395 e. The molecular formula is C13H20N2O3S. The van der Waals surface area contributed by atoms with E-state index in [2.05, 4.69) is 0 Å². The van der Waals surface area contributed by atoms with Gasteiger partial charge in [0.05, 0.1) is 11.5 Å². The van der Waals surface area contributed by atoms with Crippen LogP contribution in [-0.2, 0) is 16.6 Å². The number of aliphatic hydroxyl groups is 1. The number of nitrogens with two attached hydrogens (primary N) is 1. The molecule has 2 rings (SSSR count). The lowest BCUT2D eigenvalue weighted by Crippen LogP contribution is -2.45. The lowest BCUT2D eigenvalue weighted by Gasteiger charge is -2.33. The molecule has 1 unspecified atom stereocenters. The van der Waals surface area contributed by atoms with Crippen LogP contribution in [0.15, 0.2) is 29.2 Å². The smallest absolute Gasteiger partial charge is 0.243 e. The summed E-state index contributed by atoms with van der Waals surface area (Å²) >= 11 is 0. The van der Waals surface area contributed by atoms with E-state index in [1.807, 2.05) is 0 Å². The average Bonchev–Trinajstić information content (AvgIpc) is 2.47. The molecule has 0 saturated carbocycles. The van der Waals surface area contributed by atoms with Crippen molar-refractivity contribution in [1.82, 2.24) is 4.31 Å². The maximum atomic E-state index is 12.7. The first-order chi connectivity index (χ1) is 9.11. The van der Waals surface area contributed by atoms with Crippen molar-refractivity contribution in [2.75, 3.05) is 13.2 Å². The maximum Gasteiger partial charge on any atom is 0.243 e. The Bertz CT molecular complexity index is 530.